The summed E-state index contributed by atoms with van der Waals surface area (Å²) in [5, 5.41) is 0.702. The van der Waals surface area contributed by atoms with Crippen LogP contribution in [0, 0.1) is 0 Å². The Balaban J connectivity index is 1.66. The zero-order chi connectivity index (χ0) is 18.1. The number of amides is 1. The largest absolute Gasteiger partial charge is 0.463 e. The Hall–Kier alpha value is -2.24. The van der Waals surface area contributed by atoms with Crippen LogP contribution in [-0.4, -0.2) is 53.0 Å². The van der Waals surface area contributed by atoms with Gasteiger partial charge in [-0.15, -0.1) is 0 Å². The molecule has 3 aromatic rings. The molecule has 1 amide bonds. The molecule has 0 spiro atoms. The fourth-order valence-electron chi connectivity index (χ4n) is 3.55. The van der Waals surface area contributed by atoms with Gasteiger partial charge in [-0.05, 0) is 18.2 Å². The second-order valence-corrected chi connectivity index (χ2v) is 7.01. The smallest absolute Gasteiger partial charge is 0.270 e. The summed E-state index contributed by atoms with van der Waals surface area (Å²) in [6.45, 7) is 7.07. The molecule has 4 rings (SSSR count). The molecular formula is C20H22ClN3O2. The molecule has 0 atom stereocenters. The van der Waals surface area contributed by atoms with Gasteiger partial charge in [-0.1, -0.05) is 36.7 Å². The first-order valence-corrected chi connectivity index (χ1v) is 9.37. The predicted octanol–water partition coefficient (Wildman–Crippen LogP) is 3.71. The minimum Gasteiger partial charge on any atom is -0.463 e. The second-order valence-electron chi connectivity index (χ2n) is 6.60. The van der Waals surface area contributed by atoms with Gasteiger partial charge in [-0.25, -0.2) is 0 Å². The van der Waals surface area contributed by atoms with Crippen LogP contribution in [0.25, 0.3) is 11.1 Å². The van der Waals surface area contributed by atoms with Gasteiger partial charge in [0, 0.05) is 49.9 Å². The van der Waals surface area contributed by atoms with E-state index in [2.05, 4.69) is 11.8 Å². The second kappa shape index (κ2) is 7.17. The number of hydrogen-bond acceptors (Lipinski definition) is 3. The van der Waals surface area contributed by atoms with Gasteiger partial charge in [-0.2, -0.15) is 0 Å². The summed E-state index contributed by atoms with van der Waals surface area (Å²) in [5.41, 5.74) is 3.29. The number of fused-ring (bicyclic) bond motifs is 1. The Kier molecular flexibility index (Phi) is 4.74. The predicted molar refractivity (Wildman–Crippen MR) is 103 cm³/mol. The molecule has 6 heteroatoms. The van der Waals surface area contributed by atoms with Gasteiger partial charge in [0.1, 0.15) is 5.69 Å². The third-order valence-corrected chi connectivity index (χ3v) is 5.50. The number of halogens is 1. The van der Waals surface area contributed by atoms with Crippen LogP contribution >= 0.6 is 11.6 Å². The number of furan rings is 1. The first-order chi connectivity index (χ1) is 12.7. The minimum atomic E-state index is 0.0548. The fraction of sp³-hybridized carbons (Fsp3) is 0.350. The van der Waals surface area contributed by atoms with E-state index in [0.717, 1.165) is 49.4 Å². The zero-order valence-corrected chi connectivity index (χ0v) is 15.6. The highest BCUT2D eigenvalue weighted by Gasteiger charge is 2.25. The molecular weight excluding hydrogens is 350 g/mol. The van der Waals surface area contributed by atoms with E-state index in [0.29, 0.717) is 17.3 Å². The normalized spacial score (nSPS) is 15.7. The third kappa shape index (κ3) is 3.13. The van der Waals surface area contributed by atoms with Gasteiger partial charge in [-0.3, -0.25) is 4.79 Å². The molecule has 1 saturated heterocycles. The molecule has 0 radical (unpaired) electrons. The molecule has 1 aliphatic heterocycles. The van der Waals surface area contributed by atoms with Crippen molar-refractivity contribution < 1.29 is 9.21 Å². The van der Waals surface area contributed by atoms with E-state index in [1.54, 1.807) is 6.26 Å². The zero-order valence-electron chi connectivity index (χ0n) is 14.8. The maximum Gasteiger partial charge on any atom is 0.270 e. The van der Waals surface area contributed by atoms with E-state index in [4.69, 9.17) is 16.0 Å². The molecule has 0 aliphatic carbocycles. The van der Waals surface area contributed by atoms with Crippen LogP contribution < -0.4 is 0 Å². The van der Waals surface area contributed by atoms with Crippen molar-refractivity contribution in [1.82, 2.24) is 14.4 Å². The van der Waals surface area contributed by atoms with Crippen molar-refractivity contribution in [2.24, 2.45) is 0 Å². The molecule has 136 valence electrons. The standard InChI is InChI=1S/C20H22ClN3O2/c1-2-22-8-10-23(11-9-22)20(25)18-13-19-17(7-12-26-19)24(18)14-15-5-3-4-6-16(15)21/h3-7,12-13H,2,8-11,14H2,1H3. The van der Waals surface area contributed by atoms with Gasteiger partial charge < -0.3 is 18.8 Å². The Bertz CT molecular complexity index is 922. The van der Waals surface area contributed by atoms with Crippen LogP contribution in [0.4, 0.5) is 0 Å². The van der Waals surface area contributed by atoms with E-state index in [1.807, 2.05) is 45.9 Å². The number of piperazine rings is 1. The molecule has 0 bridgehead atoms. The van der Waals surface area contributed by atoms with Crippen molar-refractivity contribution in [2.75, 3.05) is 32.7 Å². The van der Waals surface area contributed by atoms with Crippen LogP contribution in [-0.2, 0) is 6.54 Å². The number of benzene rings is 1. The van der Waals surface area contributed by atoms with E-state index in [9.17, 15) is 4.79 Å². The average molecular weight is 372 g/mol. The van der Waals surface area contributed by atoms with Gasteiger partial charge in [0.2, 0.25) is 0 Å². The van der Waals surface area contributed by atoms with Crippen LogP contribution in [0.2, 0.25) is 5.02 Å². The Labute approximate surface area is 157 Å². The summed E-state index contributed by atoms with van der Waals surface area (Å²) in [4.78, 5) is 17.5. The highest BCUT2D eigenvalue weighted by molar-refractivity contribution is 6.31. The van der Waals surface area contributed by atoms with Crippen molar-refractivity contribution >= 4 is 28.6 Å². The molecule has 1 aromatic carbocycles. The Morgan fingerprint density at radius 2 is 1.92 bits per heavy atom. The van der Waals surface area contributed by atoms with E-state index >= 15 is 0 Å². The van der Waals surface area contributed by atoms with Crippen LogP contribution in [0.1, 0.15) is 23.0 Å². The maximum absolute atomic E-state index is 13.2. The molecule has 3 heterocycles. The molecule has 1 fully saturated rings. The topological polar surface area (TPSA) is 41.6 Å². The van der Waals surface area contributed by atoms with Crippen molar-refractivity contribution in [1.29, 1.82) is 0 Å². The minimum absolute atomic E-state index is 0.0548. The van der Waals surface area contributed by atoms with Crippen molar-refractivity contribution in [2.45, 2.75) is 13.5 Å². The van der Waals surface area contributed by atoms with Gasteiger partial charge in [0.25, 0.3) is 5.91 Å². The highest BCUT2D eigenvalue weighted by Crippen LogP contribution is 2.26. The number of likely N-dealkylation sites (N-methyl/N-ethyl adjacent to an activating group) is 1. The lowest BCUT2D eigenvalue weighted by Crippen LogP contribution is -2.48. The lowest BCUT2D eigenvalue weighted by Gasteiger charge is -2.34. The van der Waals surface area contributed by atoms with Crippen LogP contribution in [0.15, 0.2) is 47.1 Å². The quantitative estimate of drug-likeness (QED) is 0.702. The number of rotatable bonds is 4. The number of carbonyl (C=O) groups is 1. The lowest BCUT2D eigenvalue weighted by molar-refractivity contribution is 0.0633. The molecule has 5 nitrogen and oxygen atoms in total. The SMILES string of the molecule is CCN1CCN(C(=O)c2cc3occc3n2Cc2ccccc2Cl)CC1. The fourth-order valence-corrected chi connectivity index (χ4v) is 3.75. The molecule has 0 unspecified atom stereocenters. The summed E-state index contributed by atoms with van der Waals surface area (Å²) in [5.74, 6) is 0.0548. The highest BCUT2D eigenvalue weighted by atomic mass is 35.5. The van der Waals surface area contributed by atoms with Gasteiger partial charge in [0.15, 0.2) is 5.58 Å². The van der Waals surface area contributed by atoms with E-state index in [-0.39, 0.29) is 5.91 Å². The Morgan fingerprint density at radius 3 is 2.65 bits per heavy atom. The van der Waals surface area contributed by atoms with Crippen molar-refractivity contribution in [3.63, 3.8) is 0 Å². The third-order valence-electron chi connectivity index (χ3n) is 5.13. The van der Waals surface area contributed by atoms with E-state index in [1.165, 1.54) is 0 Å². The first kappa shape index (κ1) is 17.2. The summed E-state index contributed by atoms with van der Waals surface area (Å²) in [7, 11) is 0. The molecule has 0 N–H and O–H groups in total. The molecule has 2 aromatic heterocycles. The van der Waals surface area contributed by atoms with Crippen molar-refractivity contribution in [3.05, 3.63) is 58.9 Å². The van der Waals surface area contributed by atoms with Crippen LogP contribution in [0.3, 0.4) is 0 Å². The average Bonchev–Trinajstić information content (AvgIpc) is 3.25. The summed E-state index contributed by atoms with van der Waals surface area (Å²) in [6, 6.07) is 11.5. The Morgan fingerprint density at radius 1 is 1.15 bits per heavy atom. The number of aromatic nitrogens is 1. The number of carbonyl (C=O) groups excluding carboxylic acids is 1. The lowest BCUT2D eigenvalue weighted by atomic mass is 10.2. The van der Waals surface area contributed by atoms with Gasteiger partial charge >= 0.3 is 0 Å². The molecule has 1 aliphatic rings. The molecule has 26 heavy (non-hydrogen) atoms. The summed E-state index contributed by atoms with van der Waals surface area (Å²) >= 11 is 6.34. The van der Waals surface area contributed by atoms with Gasteiger partial charge in [0.05, 0.1) is 11.8 Å². The molecule has 0 saturated carbocycles. The monoisotopic (exact) mass is 371 g/mol. The summed E-state index contributed by atoms with van der Waals surface area (Å²) < 4.78 is 7.55. The number of nitrogens with zero attached hydrogens (tertiary/aromatic N) is 3. The maximum atomic E-state index is 13.2. The van der Waals surface area contributed by atoms with Crippen LogP contribution in [0.5, 0.6) is 0 Å². The summed E-state index contributed by atoms with van der Waals surface area (Å²) in [6.07, 6.45) is 1.65. The number of hydrogen-bond donors (Lipinski definition) is 0. The first-order valence-electron chi connectivity index (χ1n) is 8.99. The van der Waals surface area contributed by atoms with E-state index < -0.39 is 0 Å². The van der Waals surface area contributed by atoms with Crippen molar-refractivity contribution in [3.8, 4) is 0 Å².